The minimum atomic E-state index is -0.176. The van der Waals surface area contributed by atoms with E-state index in [1.54, 1.807) is 12.1 Å². The van der Waals surface area contributed by atoms with E-state index in [1.807, 2.05) is 6.07 Å². The van der Waals surface area contributed by atoms with E-state index in [1.165, 1.54) is 6.07 Å². The zero-order valence-electron chi connectivity index (χ0n) is 12.9. The zero-order valence-corrected chi connectivity index (χ0v) is 12.9. The first kappa shape index (κ1) is 16.4. The van der Waals surface area contributed by atoms with Gasteiger partial charge >= 0.3 is 0 Å². The Morgan fingerprint density at radius 3 is 3.05 bits per heavy atom. The maximum atomic E-state index is 13.4. The molecular formula is C17H27FN2O. The Hall–Kier alpha value is -0.970. The smallest absolute Gasteiger partial charge is 0.123 e. The van der Waals surface area contributed by atoms with Gasteiger partial charge in [0.2, 0.25) is 0 Å². The number of nitrogens with one attached hydrogen (secondary N) is 1. The van der Waals surface area contributed by atoms with E-state index < -0.39 is 0 Å². The van der Waals surface area contributed by atoms with Crippen molar-refractivity contribution >= 4 is 0 Å². The Bertz CT molecular complexity index is 427. The number of rotatable bonds is 8. The minimum Gasteiger partial charge on any atom is -0.395 e. The molecular weight excluding hydrogens is 267 g/mol. The summed E-state index contributed by atoms with van der Waals surface area (Å²) in [4.78, 5) is 2.36. The van der Waals surface area contributed by atoms with Crippen LogP contribution in [0.5, 0.6) is 0 Å². The molecule has 2 unspecified atom stereocenters. The highest BCUT2D eigenvalue weighted by Gasteiger charge is 2.24. The number of halogens is 1. The van der Waals surface area contributed by atoms with Gasteiger partial charge in [0, 0.05) is 18.6 Å². The second kappa shape index (κ2) is 8.47. The molecule has 0 aliphatic carbocycles. The predicted molar refractivity (Wildman–Crippen MR) is 83.7 cm³/mol. The number of benzene rings is 1. The van der Waals surface area contributed by atoms with Crippen molar-refractivity contribution in [3.8, 4) is 0 Å². The number of nitrogens with zero attached hydrogens (tertiary/aromatic N) is 1. The fourth-order valence-electron chi connectivity index (χ4n) is 3.12. The largest absolute Gasteiger partial charge is 0.395 e. The molecule has 1 saturated heterocycles. The summed E-state index contributed by atoms with van der Waals surface area (Å²) < 4.78 is 13.4. The van der Waals surface area contributed by atoms with Crippen molar-refractivity contribution in [1.29, 1.82) is 0 Å². The third-order valence-electron chi connectivity index (χ3n) is 4.31. The van der Waals surface area contributed by atoms with Gasteiger partial charge in [-0.2, -0.15) is 0 Å². The van der Waals surface area contributed by atoms with E-state index in [2.05, 4.69) is 17.1 Å². The van der Waals surface area contributed by atoms with Crippen LogP contribution < -0.4 is 5.32 Å². The fraction of sp³-hybridized carbons (Fsp3) is 0.647. The molecule has 1 heterocycles. The van der Waals surface area contributed by atoms with Crippen molar-refractivity contribution in [2.24, 2.45) is 0 Å². The lowest BCUT2D eigenvalue weighted by molar-refractivity contribution is 0.154. The Morgan fingerprint density at radius 1 is 1.48 bits per heavy atom. The highest BCUT2D eigenvalue weighted by molar-refractivity contribution is 5.20. The van der Waals surface area contributed by atoms with Gasteiger partial charge in [-0.15, -0.1) is 0 Å². The molecule has 0 radical (unpaired) electrons. The van der Waals surface area contributed by atoms with Crippen LogP contribution in [0, 0.1) is 5.82 Å². The molecule has 21 heavy (non-hydrogen) atoms. The molecule has 2 rings (SSSR count). The summed E-state index contributed by atoms with van der Waals surface area (Å²) >= 11 is 0. The summed E-state index contributed by atoms with van der Waals surface area (Å²) in [7, 11) is 0. The quantitative estimate of drug-likeness (QED) is 0.774. The van der Waals surface area contributed by atoms with Gasteiger partial charge < -0.3 is 10.4 Å². The van der Waals surface area contributed by atoms with Gasteiger partial charge in [-0.25, -0.2) is 4.39 Å². The molecule has 2 atom stereocenters. The van der Waals surface area contributed by atoms with Crippen LogP contribution >= 0.6 is 0 Å². The van der Waals surface area contributed by atoms with Gasteiger partial charge in [-0.1, -0.05) is 19.1 Å². The van der Waals surface area contributed by atoms with Crippen LogP contribution in [0.2, 0.25) is 0 Å². The maximum absolute atomic E-state index is 13.4. The number of likely N-dealkylation sites (tertiary alicyclic amines) is 1. The third kappa shape index (κ3) is 4.77. The van der Waals surface area contributed by atoms with Crippen molar-refractivity contribution in [2.75, 3.05) is 26.2 Å². The highest BCUT2D eigenvalue weighted by atomic mass is 19.1. The Kier molecular flexibility index (Phi) is 6.61. The molecule has 118 valence electrons. The standard InChI is InChI=1S/C17H27FN2O/c1-2-9-19-17(14-5-3-6-15(18)12-14)8-11-20-10-4-7-16(20)13-21/h3,5-6,12,16-17,19,21H,2,4,7-11,13H2,1H3. The molecule has 0 spiro atoms. The minimum absolute atomic E-state index is 0.176. The molecule has 1 aromatic rings. The average Bonchev–Trinajstić information content (AvgIpc) is 2.95. The van der Waals surface area contributed by atoms with Crippen LogP contribution in [0.25, 0.3) is 0 Å². The van der Waals surface area contributed by atoms with Gasteiger partial charge in [-0.3, -0.25) is 4.90 Å². The lowest BCUT2D eigenvalue weighted by Crippen LogP contribution is -2.35. The van der Waals surface area contributed by atoms with Crippen LogP contribution in [-0.2, 0) is 0 Å². The summed E-state index contributed by atoms with van der Waals surface area (Å²) in [6, 6.07) is 7.37. The van der Waals surface area contributed by atoms with Crippen molar-refractivity contribution in [1.82, 2.24) is 10.2 Å². The second-order valence-corrected chi connectivity index (χ2v) is 5.86. The molecule has 0 amide bonds. The van der Waals surface area contributed by atoms with Crippen LogP contribution in [0.1, 0.15) is 44.2 Å². The monoisotopic (exact) mass is 294 g/mol. The zero-order chi connectivity index (χ0) is 15.1. The van der Waals surface area contributed by atoms with E-state index in [9.17, 15) is 9.50 Å². The number of aliphatic hydroxyl groups excluding tert-OH is 1. The van der Waals surface area contributed by atoms with Gasteiger partial charge in [0.1, 0.15) is 5.82 Å². The fourth-order valence-corrected chi connectivity index (χ4v) is 3.12. The van der Waals surface area contributed by atoms with Crippen molar-refractivity contribution in [2.45, 2.75) is 44.7 Å². The molecule has 4 heteroatoms. The van der Waals surface area contributed by atoms with Crippen LogP contribution in [0.15, 0.2) is 24.3 Å². The van der Waals surface area contributed by atoms with Crippen molar-refractivity contribution < 1.29 is 9.50 Å². The number of aliphatic hydroxyl groups is 1. The first-order valence-electron chi connectivity index (χ1n) is 8.08. The Morgan fingerprint density at radius 2 is 2.33 bits per heavy atom. The van der Waals surface area contributed by atoms with Crippen molar-refractivity contribution in [3.05, 3.63) is 35.6 Å². The summed E-state index contributed by atoms with van der Waals surface area (Å²) in [6.45, 7) is 5.33. The SMILES string of the molecule is CCCNC(CCN1CCCC1CO)c1cccc(F)c1. The molecule has 1 aliphatic heterocycles. The van der Waals surface area contributed by atoms with E-state index in [0.29, 0.717) is 6.04 Å². The van der Waals surface area contributed by atoms with E-state index in [0.717, 1.165) is 50.9 Å². The first-order chi connectivity index (χ1) is 10.2. The molecule has 2 N–H and O–H groups in total. The summed E-state index contributed by atoms with van der Waals surface area (Å²) in [5.74, 6) is -0.176. The summed E-state index contributed by atoms with van der Waals surface area (Å²) in [5, 5.41) is 12.9. The van der Waals surface area contributed by atoms with Gasteiger partial charge in [-0.05, 0) is 56.5 Å². The molecule has 1 aliphatic rings. The molecule has 1 aromatic carbocycles. The van der Waals surface area contributed by atoms with E-state index in [-0.39, 0.29) is 18.5 Å². The second-order valence-electron chi connectivity index (χ2n) is 5.86. The lowest BCUT2D eigenvalue weighted by atomic mass is 10.0. The number of hydrogen-bond acceptors (Lipinski definition) is 3. The van der Waals surface area contributed by atoms with Gasteiger partial charge in [0.25, 0.3) is 0 Å². The normalized spacial score (nSPS) is 20.8. The van der Waals surface area contributed by atoms with Gasteiger partial charge in [0.15, 0.2) is 0 Å². The van der Waals surface area contributed by atoms with Crippen LogP contribution in [-0.4, -0.2) is 42.3 Å². The lowest BCUT2D eigenvalue weighted by Gasteiger charge is -2.26. The highest BCUT2D eigenvalue weighted by Crippen LogP contribution is 2.22. The Balaban J connectivity index is 1.96. The molecule has 0 bridgehead atoms. The summed E-state index contributed by atoms with van der Waals surface area (Å²) in [5.41, 5.74) is 1.02. The first-order valence-corrected chi connectivity index (χ1v) is 8.08. The topological polar surface area (TPSA) is 35.5 Å². The maximum Gasteiger partial charge on any atom is 0.123 e. The third-order valence-corrected chi connectivity index (χ3v) is 4.31. The number of hydrogen-bond donors (Lipinski definition) is 2. The molecule has 3 nitrogen and oxygen atoms in total. The van der Waals surface area contributed by atoms with Crippen molar-refractivity contribution in [3.63, 3.8) is 0 Å². The molecule has 0 saturated carbocycles. The van der Waals surface area contributed by atoms with E-state index in [4.69, 9.17) is 0 Å². The van der Waals surface area contributed by atoms with Crippen LogP contribution in [0.4, 0.5) is 4.39 Å². The predicted octanol–water partition coefficient (Wildman–Crippen LogP) is 2.71. The molecule has 0 aromatic heterocycles. The van der Waals surface area contributed by atoms with Gasteiger partial charge in [0.05, 0.1) is 6.61 Å². The molecule has 1 fully saturated rings. The Labute approximate surface area is 127 Å². The van der Waals surface area contributed by atoms with E-state index >= 15 is 0 Å². The average molecular weight is 294 g/mol. The van der Waals surface area contributed by atoms with Crippen LogP contribution in [0.3, 0.4) is 0 Å². The summed E-state index contributed by atoms with van der Waals surface area (Å²) in [6.07, 6.45) is 4.26.